The third-order valence-corrected chi connectivity index (χ3v) is 5.74. The predicted octanol–water partition coefficient (Wildman–Crippen LogP) is 0.814. The summed E-state index contributed by atoms with van der Waals surface area (Å²) < 4.78 is 42.5. The second-order valence-electron chi connectivity index (χ2n) is 6.35. The molecule has 0 saturated carbocycles. The number of nitrogens with zero attached hydrogens (tertiary/aromatic N) is 3. The van der Waals surface area contributed by atoms with Crippen molar-refractivity contribution >= 4 is 38.5 Å². The first-order chi connectivity index (χ1) is 13.7. The number of benzene rings is 2. The van der Waals surface area contributed by atoms with Crippen molar-refractivity contribution in [2.45, 2.75) is 6.54 Å². The molecule has 0 spiro atoms. The van der Waals surface area contributed by atoms with Crippen molar-refractivity contribution in [2.75, 3.05) is 10.8 Å². The Morgan fingerprint density at radius 1 is 1.28 bits per heavy atom. The molecule has 0 unspecified atom stereocenters. The molecule has 3 aromatic rings. The molecule has 1 fully saturated rings. The topological polar surface area (TPSA) is 142 Å². The molecule has 0 atom stereocenters. The van der Waals surface area contributed by atoms with Crippen molar-refractivity contribution < 1.29 is 32.6 Å². The number of carbonyl (C=O) groups excluding carboxylic acids is 1. The van der Waals surface area contributed by atoms with Crippen LogP contribution in [-0.2, 0) is 26.3 Å². The van der Waals surface area contributed by atoms with Crippen LogP contribution in [0.3, 0.4) is 0 Å². The summed E-state index contributed by atoms with van der Waals surface area (Å²) in [4.78, 5) is 22.2. The van der Waals surface area contributed by atoms with Gasteiger partial charge in [0.1, 0.15) is 24.5 Å². The van der Waals surface area contributed by atoms with E-state index in [0.717, 1.165) is 0 Å². The normalized spacial score (nSPS) is 15.6. The van der Waals surface area contributed by atoms with Crippen molar-refractivity contribution in [2.24, 2.45) is 0 Å². The predicted molar refractivity (Wildman–Crippen MR) is 98.8 cm³/mol. The minimum Gasteiger partial charge on any atom is -0.506 e. The molecule has 1 aliphatic heterocycles. The first kappa shape index (κ1) is 18.7. The summed E-state index contributed by atoms with van der Waals surface area (Å²) in [7, 11) is -4.29. The number of hydrogen-bond donors (Lipinski definition) is 3. The molecule has 12 heteroatoms. The molecule has 1 amide bonds. The number of aliphatic carboxylic acids is 1. The Morgan fingerprint density at radius 3 is 2.69 bits per heavy atom. The minimum absolute atomic E-state index is 0.0361. The Kier molecular flexibility index (Phi) is 4.15. The monoisotopic (exact) mass is 420 g/mol. The smallest absolute Gasteiger partial charge is 0.326 e. The van der Waals surface area contributed by atoms with Crippen LogP contribution in [0.5, 0.6) is 5.75 Å². The second-order valence-corrected chi connectivity index (χ2v) is 7.95. The summed E-state index contributed by atoms with van der Waals surface area (Å²) in [5, 5.41) is 23.3. The number of phenols is 1. The number of carboxylic acid groups (broad SMARTS) is 1. The fourth-order valence-corrected chi connectivity index (χ4v) is 4.30. The van der Waals surface area contributed by atoms with E-state index in [1.165, 1.54) is 29.2 Å². The Hall–Kier alpha value is -3.67. The number of nitrogens with one attached hydrogen (secondary N) is 1. The summed E-state index contributed by atoms with van der Waals surface area (Å²) in [6.45, 7) is -0.956. The first-order valence-electron chi connectivity index (χ1n) is 8.19. The van der Waals surface area contributed by atoms with Crippen molar-refractivity contribution in [3.05, 3.63) is 42.5 Å². The molecular formula is C17H13FN4O6S. The van der Waals surface area contributed by atoms with E-state index in [9.17, 15) is 23.1 Å². The number of aromatic nitrogens is 2. The number of halogens is 1. The van der Waals surface area contributed by atoms with Gasteiger partial charge in [-0.1, -0.05) is 12.1 Å². The number of phenolic OH excluding ortho intramolecular Hbond substituents is 1. The SMILES string of the molecule is O=C(O)Cn1cc(-c2ccc3c(F)c(N4CC(=O)NS4(=O)=O)c(O)cc3c2)cn1. The highest BCUT2D eigenvalue weighted by molar-refractivity contribution is 7.92. The molecule has 1 aromatic heterocycles. The van der Waals surface area contributed by atoms with Crippen LogP contribution >= 0.6 is 0 Å². The lowest BCUT2D eigenvalue weighted by molar-refractivity contribution is -0.137. The summed E-state index contributed by atoms with van der Waals surface area (Å²) in [5.74, 6) is -3.53. The Balaban J connectivity index is 1.79. The van der Waals surface area contributed by atoms with Gasteiger partial charge >= 0.3 is 16.2 Å². The van der Waals surface area contributed by atoms with Gasteiger partial charge in [0.15, 0.2) is 5.82 Å². The van der Waals surface area contributed by atoms with E-state index < -0.39 is 45.9 Å². The summed E-state index contributed by atoms with van der Waals surface area (Å²) in [6.07, 6.45) is 2.96. The van der Waals surface area contributed by atoms with Gasteiger partial charge in [0.25, 0.3) is 5.91 Å². The maximum atomic E-state index is 15.0. The van der Waals surface area contributed by atoms with Crippen LogP contribution in [0.4, 0.5) is 10.1 Å². The van der Waals surface area contributed by atoms with Crippen molar-refractivity contribution in [1.29, 1.82) is 0 Å². The van der Waals surface area contributed by atoms with E-state index in [1.807, 2.05) is 0 Å². The molecule has 0 radical (unpaired) electrons. The van der Waals surface area contributed by atoms with Crippen LogP contribution in [0.25, 0.3) is 21.9 Å². The second kappa shape index (κ2) is 6.44. The van der Waals surface area contributed by atoms with Gasteiger partial charge in [0.05, 0.1) is 6.20 Å². The van der Waals surface area contributed by atoms with Gasteiger partial charge in [-0.05, 0) is 23.1 Å². The van der Waals surface area contributed by atoms with E-state index in [4.69, 9.17) is 5.11 Å². The average molecular weight is 420 g/mol. The van der Waals surface area contributed by atoms with Gasteiger partial charge in [0.2, 0.25) is 0 Å². The molecule has 0 bridgehead atoms. The van der Waals surface area contributed by atoms with E-state index >= 15 is 4.39 Å². The van der Waals surface area contributed by atoms with Crippen molar-refractivity contribution in [1.82, 2.24) is 14.5 Å². The van der Waals surface area contributed by atoms with Gasteiger partial charge in [-0.2, -0.15) is 13.5 Å². The average Bonchev–Trinajstić information content (AvgIpc) is 3.17. The van der Waals surface area contributed by atoms with Crippen LogP contribution in [-0.4, -0.2) is 46.8 Å². The van der Waals surface area contributed by atoms with Gasteiger partial charge in [-0.15, -0.1) is 0 Å². The molecule has 29 heavy (non-hydrogen) atoms. The number of fused-ring (bicyclic) bond motifs is 1. The number of carbonyl (C=O) groups is 2. The quantitative estimate of drug-likeness (QED) is 0.567. The lowest BCUT2D eigenvalue weighted by atomic mass is 10.0. The fraction of sp³-hybridized carbons (Fsp3) is 0.118. The number of carboxylic acids is 1. The van der Waals surface area contributed by atoms with Crippen molar-refractivity contribution in [3.8, 4) is 16.9 Å². The van der Waals surface area contributed by atoms with Gasteiger partial charge in [-0.3, -0.25) is 14.3 Å². The zero-order chi connectivity index (χ0) is 20.9. The third-order valence-electron chi connectivity index (χ3n) is 4.36. The molecule has 3 N–H and O–H groups in total. The van der Waals surface area contributed by atoms with Crippen LogP contribution < -0.4 is 9.03 Å². The molecule has 150 valence electrons. The number of amides is 1. The van der Waals surface area contributed by atoms with Crippen LogP contribution in [0.1, 0.15) is 0 Å². The standard InChI is InChI=1S/C17H13FN4O6S/c18-16-12-2-1-9(11-5-19-21(6-11)8-15(25)26)3-10(12)4-13(23)17(16)22-7-14(24)20-29(22,27)28/h1-6,23H,7-8H2,(H,20,24)(H,25,26). The molecule has 2 heterocycles. The van der Waals surface area contributed by atoms with Gasteiger partial charge in [-0.25, -0.2) is 13.4 Å². The lowest BCUT2D eigenvalue weighted by Crippen LogP contribution is -2.30. The largest absolute Gasteiger partial charge is 0.506 e. The number of aromatic hydroxyl groups is 1. The summed E-state index contributed by atoms with van der Waals surface area (Å²) in [6, 6.07) is 5.69. The Bertz CT molecular complexity index is 1290. The molecule has 1 saturated heterocycles. The van der Waals surface area contributed by atoms with E-state index in [-0.39, 0.29) is 17.3 Å². The highest BCUT2D eigenvalue weighted by Crippen LogP contribution is 2.39. The molecule has 0 aliphatic carbocycles. The highest BCUT2D eigenvalue weighted by Gasteiger charge is 2.37. The fourth-order valence-electron chi connectivity index (χ4n) is 3.14. The zero-order valence-electron chi connectivity index (χ0n) is 14.5. The highest BCUT2D eigenvalue weighted by atomic mass is 32.2. The minimum atomic E-state index is -4.29. The molecule has 1 aliphatic rings. The third kappa shape index (κ3) is 3.23. The molecule has 2 aromatic carbocycles. The number of anilines is 1. The lowest BCUT2D eigenvalue weighted by Gasteiger charge is -2.18. The number of rotatable bonds is 4. The van der Waals surface area contributed by atoms with E-state index in [2.05, 4.69) is 5.10 Å². The maximum Gasteiger partial charge on any atom is 0.326 e. The molecule has 10 nitrogen and oxygen atoms in total. The maximum absolute atomic E-state index is 15.0. The van der Waals surface area contributed by atoms with E-state index in [0.29, 0.717) is 15.4 Å². The zero-order valence-corrected chi connectivity index (χ0v) is 15.4. The van der Waals surface area contributed by atoms with Crippen LogP contribution in [0.15, 0.2) is 36.7 Å². The molecule has 4 rings (SSSR count). The van der Waals surface area contributed by atoms with Crippen LogP contribution in [0, 0.1) is 5.82 Å². The first-order valence-corrected chi connectivity index (χ1v) is 9.63. The Morgan fingerprint density at radius 2 is 2.03 bits per heavy atom. The summed E-state index contributed by atoms with van der Waals surface area (Å²) in [5.41, 5.74) is 0.554. The number of hydrogen-bond acceptors (Lipinski definition) is 6. The van der Waals surface area contributed by atoms with Gasteiger partial charge in [0, 0.05) is 17.1 Å². The van der Waals surface area contributed by atoms with E-state index in [1.54, 1.807) is 16.9 Å². The summed E-state index contributed by atoms with van der Waals surface area (Å²) >= 11 is 0. The Labute approximate surface area is 163 Å². The van der Waals surface area contributed by atoms with Crippen LogP contribution in [0.2, 0.25) is 0 Å². The van der Waals surface area contributed by atoms with Crippen molar-refractivity contribution in [3.63, 3.8) is 0 Å². The van der Waals surface area contributed by atoms with Gasteiger partial charge < -0.3 is 10.2 Å². The molecular weight excluding hydrogens is 407 g/mol.